The smallest absolute Gasteiger partial charge is 0.162 e. The third kappa shape index (κ3) is 4.81. The van der Waals surface area contributed by atoms with E-state index in [-0.39, 0.29) is 6.10 Å². The lowest BCUT2D eigenvalue weighted by Gasteiger charge is -2.27. The van der Waals surface area contributed by atoms with E-state index in [1.54, 1.807) is 12.1 Å². The van der Waals surface area contributed by atoms with Gasteiger partial charge in [-0.15, -0.1) is 0 Å². The summed E-state index contributed by atoms with van der Waals surface area (Å²) in [7, 11) is 0. The van der Waals surface area contributed by atoms with E-state index in [1.165, 1.54) is 18.4 Å². The molecule has 2 aromatic carbocycles. The summed E-state index contributed by atoms with van der Waals surface area (Å²) in [5, 5.41) is 1.22. The number of halogens is 2. The Morgan fingerprint density at radius 3 is 2.68 bits per heavy atom. The standard InChI is InChI=1S/C20H22Cl2O3/c1-2-3-5-14-8-9-19-20(10-14)25-15(12-24-19)11-23-13-16-17(21)6-4-7-18(16)22/h4,6-10,15H,2-3,5,11-13H2,1H3. The molecule has 0 bridgehead atoms. The molecule has 0 aromatic heterocycles. The van der Waals surface area contributed by atoms with Crippen LogP contribution in [0.3, 0.4) is 0 Å². The molecule has 134 valence electrons. The number of hydrogen-bond acceptors (Lipinski definition) is 3. The summed E-state index contributed by atoms with van der Waals surface area (Å²) in [6, 6.07) is 11.6. The summed E-state index contributed by atoms with van der Waals surface area (Å²) >= 11 is 12.3. The SMILES string of the molecule is CCCCc1ccc2c(c1)OC(COCc1c(Cl)cccc1Cl)CO2. The molecule has 0 spiro atoms. The maximum Gasteiger partial charge on any atom is 0.162 e. The molecule has 1 aliphatic heterocycles. The topological polar surface area (TPSA) is 27.7 Å². The number of ether oxygens (including phenoxy) is 3. The quantitative estimate of drug-likeness (QED) is 0.616. The van der Waals surface area contributed by atoms with Gasteiger partial charge in [-0.05, 0) is 42.7 Å². The molecular formula is C20H22Cl2O3. The molecule has 0 amide bonds. The predicted octanol–water partition coefficient (Wildman–Crippen LogP) is 5.69. The first kappa shape index (κ1) is 18.4. The first-order valence-electron chi connectivity index (χ1n) is 8.60. The highest BCUT2D eigenvalue weighted by Gasteiger charge is 2.21. The van der Waals surface area contributed by atoms with Crippen molar-refractivity contribution in [2.45, 2.75) is 38.9 Å². The summed E-state index contributed by atoms with van der Waals surface area (Å²) < 4.78 is 17.6. The Morgan fingerprint density at radius 2 is 1.92 bits per heavy atom. The molecule has 0 saturated heterocycles. The molecule has 1 aliphatic rings. The molecule has 1 unspecified atom stereocenters. The molecule has 0 aliphatic carbocycles. The lowest BCUT2D eigenvalue weighted by Crippen LogP contribution is -2.33. The van der Waals surface area contributed by atoms with Crippen LogP contribution >= 0.6 is 23.2 Å². The zero-order valence-electron chi connectivity index (χ0n) is 14.3. The van der Waals surface area contributed by atoms with Gasteiger partial charge in [-0.25, -0.2) is 0 Å². The fourth-order valence-electron chi connectivity index (χ4n) is 2.74. The highest BCUT2D eigenvalue weighted by molar-refractivity contribution is 6.35. The number of hydrogen-bond donors (Lipinski definition) is 0. The molecule has 0 fully saturated rings. The molecule has 3 rings (SSSR count). The summed E-state index contributed by atoms with van der Waals surface area (Å²) in [6.07, 6.45) is 3.26. The van der Waals surface area contributed by atoms with E-state index in [0.29, 0.717) is 29.9 Å². The van der Waals surface area contributed by atoms with Crippen molar-refractivity contribution in [3.8, 4) is 11.5 Å². The van der Waals surface area contributed by atoms with Crippen LogP contribution < -0.4 is 9.47 Å². The van der Waals surface area contributed by atoms with Gasteiger partial charge in [-0.2, -0.15) is 0 Å². The van der Waals surface area contributed by atoms with Gasteiger partial charge in [0.2, 0.25) is 0 Å². The van der Waals surface area contributed by atoms with Gasteiger partial charge in [0.1, 0.15) is 6.61 Å². The summed E-state index contributed by atoms with van der Waals surface area (Å²) in [5.74, 6) is 1.59. The molecule has 0 saturated carbocycles. The predicted molar refractivity (Wildman–Crippen MR) is 101 cm³/mol. The molecular weight excluding hydrogens is 359 g/mol. The molecule has 25 heavy (non-hydrogen) atoms. The molecule has 2 aromatic rings. The van der Waals surface area contributed by atoms with Crippen molar-refractivity contribution in [2.24, 2.45) is 0 Å². The Morgan fingerprint density at radius 1 is 1.12 bits per heavy atom. The maximum absolute atomic E-state index is 6.16. The minimum absolute atomic E-state index is 0.143. The number of unbranched alkanes of at least 4 members (excludes halogenated alkanes) is 1. The van der Waals surface area contributed by atoms with Crippen LogP contribution in [-0.4, -0.2) is 19.3 Å². The average molecular weight is 381 g/mol. The van der Waals surface area contributed by atoms with Gasteiger partial charge in [0, 0.05) is 15.6 Å². The van der Waals surface area contributed by atoms with Crippen LogP contribution in [0, 0.1) is 0 Å². The number of benzene rings is 2. The van der Waals surface area contributed by atoms with E-state index in [1.807, 2.05) is 12.1 Å². The van der Waals surface area contributed by atoms with E-state index in [0.717, 1.165) is 23.5 Å². The van der Waals surface area contributed by atoms with Crippen LogP contribution in [0.1, 0.15) is 30.9 Å². The van der Waals surface area contributed by atoms with Crippen LogP contribution in [0.4, 0.5) is 0 Å². The second-order valence-electron chi connectivity index (χ2n) is 6.15. The maximum atomic E-state index is 6.16. The van der Waals surface area contributed by atoms with Crippen molar-refractivity contribution in [3.63, 3.8) is 0 Å². The van der Waals surface area contributed by atoms with E-state index >= 15 is 0 Å². The van der Waals surface area contributed by atoms with Gasteiger partial charge in [-0.1, -0.05) is 48.7 Å². The lowest BCUT2D eigenvalue weighted by molar-refractivity contribution is 0.00270. The molecule has 5 heteroatoms. The van der Waals surface area contributed by atoms with Gasteiger partial charge in [0.05, 0.1) is 13.2 Å². The molecule has 3 nitrogen and oxygen atoms in total. The summed E-state index contributed by atoms with van der Waals surface area (Å²) in [6.45, 7) is 3.43. The lowest BCUT2D eigenvalue weighted by atomic mass is 10.1. The first-order chi connectivity index (χ1) is 12.2. The van der Waals surface area contributed by atoms with E-state index < -0.39 is 0 Å². The van der Waals surface area contributed by atoms with Gasteiger partial charge in [0.25, 0.3) is 0 Å². The number of aryl methyl sites for hydroxylation is 1. The molecule has 1 heterocycles. The molecule has 0 N–H and O–H groups in total. The Bertz CT molecular complexity index is 698. The van der Waals surface area contributed by atoms with Gasteiger partial charge >= 0.3 is 0 Å². The summed E-state index contributed by atoms with van der Waals surface area (Å²) in [5.41, 5.74) is 2.07. The second-order valence-corrected chi connectivity index (χ2v) is 6.97. The van der Waals surface area contributed by atoms with Crippen molar-refractivity contribution in [1.82, 2.24) is 0 Å². The Balaban J connectivity index is 1.55. The summed E-state index contributed by atoms with van der Waals surface area (Å²) in [4.78, 5) is 0. The van der Waals surface area contributed by atoms with Crippen molar-refractivity contribution >= 4 is 23.2 Å². The fourth-order valence-corrected chi connectivity index (χ4v) is 3.25. The fraction of sp³-hybridized carbons (Fsp3) is 0.400. The van der Waals surface area contributed by atoms with Crippen LogP contribution in [-0.2, 0) is 17.8 Å². The molecule has 1 atom stereocenters. The molecule has 0 radical (unpaired) electrons. The van der Waals surface area contributed by atoms with Crippen molar-refractivity contribution < 1.29 is 14.2 Å². The van der Waals surface area contributed by atoms with Crippen molar-refractivity contribution in [3.05, 3.63) is 57.6 Å². The van der Waals surface area contributed by atoms with Crippen molar-refractivity contribution in [2.75, 3.05) is 13.2 Å². The van der Waals surface area contributed by atoms with E-state index in [9.17, 15) is 0 Å². The Labute approximate surface area is 158 Å². The Hall–Kier alpha value is -1.42. The highest BCUT2D eigenvalue weighted by atomic mass is 35.5. The van der Waals surface area contributed by atoms with Crippen LogP contribution in [0.25, 0.3) is 0 Å². The van der Waals surface area contributed by atoms with Crippen molar-refractivity contribution in [1.29, 1.82) is 0 Å². The third-order valence-electron chi connectivity index (χ3n) is 4.16. The van der Waals surface area contributed by atoms with Crippen LogP contribution in [0.2, 0.25) is 10.0 Å². The minimum atomic E-state index is -0.143. The third-order valence-corrected chi connectivity index (χ3v) is 4.87. The number of rotatable bonds is 7. The zero-order valence-corrected chi connectivity index (χ0v) is 15.8. The number of fused-ring (bicyclic) bond motifs is 1. The first-order valence-corrected chi connectivity index (χ1v) is 9.36. The average Bonchev–Trinajstić information content (AvgIpc) is 2.62. The van der Waals surface area contributed by atoms with Gasteiger partial charge in [-0.3, -0.25) is 0 Å². The highest BCUT2D eigenvalue weighted by Crippen LogP contribution is 2.33. The largest absolute Gasteiger partial charge is 0.486 e. The van der Waals surface area contributed by atoms with Gasteiger partial charge < -0.3 is 14.2 Å². The minimum Gasteiger partial charge on any atom is -0.486 e. The van der Waals surface area contributed by atoms with E-state index in [4.69, 9.17) is 37.4 Å². The zero-order chi connectivity index (χ0) is 17.6. The van der Waals surface area contributed by atoms with Crippen LogP contribution in [0.15, 0.2) is 36.4 Å². The monoisotopic (exact) mass is 380 g/mol. The second kappa shape index (κ2) is 8.79. The van der Waals surface area contributed by atoms with Gasteiger partial charge in [0.15, 0.2) is 17.6 Å². The van der Waals surface area contributed by atoms with E-state index in [2.05, 4.69) is 19.1 Å². The normalized spacial score (nSPS) is 16.0. The van der Waals surface area contributed by atoms with Crippen LogP contribution in [0.5, 0.6) is 11.5 Å². The Kier molecular flexibility index (Phi) is 6.46.